The van der Waals surface area contributed by atoms with Crippen LogP contribution in [0.4, 0.5) is 10.1 Å². The smallest absolute Gasteiger partial charge is 0.224 e. The predicted octanol–water partition coefficient (Wildman–Crippen LogP) is 5.84. The summed E-state index contributed by atoms with van der Waals surface area (Å²) in [7, 11) is 0. The van der Waals surface area contributed by atoms with Gasteiger partial charge in [-0.3, -0.25) is 19.9 Å². The third kappa shape index (κ3) is 4.96. The maximum Gasteiger partial charge on any atom is 0.224 e. The number of phenolic OH excluding ortho intramolecular Hbond substituents is 1. The van der Waals surface area contributed by atoms with E-state index in [0.29, 0.717) is 57.1 Å². The van der Waals surface area contributed by atoms with Crippen molar-refractivity contribution in [1.82, 2.24) is 35.1 Å². The summed E-state index contributed by atoms with van der Waals surface area (Å²) in [6.07, 6.45) is 6.92. The molecule has 5 heterocycles. The molecule has 0 fully saturated rings. The van der Waals surface area contributed by atoms with Gasteiger partial charge in [-0.25, -0.2) is 14.4 Å². The van der Waals surface area contributed by atoms with Gasteiger partial charge in [0.1, 0.15) is 17.3 Å². The number of amides is 1. The number of halogens is 1. The Kier molecular flexibility index (Phi) is 5.98. The van der Waals surface area contributed by atoms with Gasteiger partial charge in [-0.1, -0.05) is 20.8 Å². The lowest BCUT2D eigenvalue weighted by Crippen LogP contribution is -2.19. The highest BCUT2D eigenvalue weighted by Gasteiger charge is 2.19. The fourth-order valence-electron chi connectivity index (χ4n) is 4.58. The van der Waals surface area contributed by atoms with Gasteiger partial charge in [-0.15, -0.1) is 0 Å². The number of nitrogens with one attached hydrogen (secondary N) is 3. The van der Waals surface area contributed by atoms with E-state index in [9.17, 15) is 14.3 Å². The van der Waals surface area contributed by atoms with Gasteiger partial charge in [0.2, 0.25) is 5.91 Å². The topological polar surface area (TPSA) is 145 Å². The predicted molar refractivity (Wildman–Crippen MR) is 150 cm³/mol. The number of anilines is 1. The number of phenols is 1. The van der Waals surface area contributed by atoms with E-state index in [-0.39, 0.29) is 17.1 Å². The molecule has 0 spiro atoms. The van der Waals surface area contributed by atoms with Gasteiger partial charge >= 0.3 is 0 Å². The van der Waals surface area contributed by atoms with E-state index in [0.717, 1.165) is 17.0 Å². The number of fused-ring (bicyclic) bond motifs is 2. The van der Waals surface area contributed by atoms with Gasteiger partial charge in [0.25, 0.3) is 0 Å². The lowest BCUT2D eigenvalue weighted by molar-refractivity contribution is -0.117. The molecule has 0 saturated carbocycles. The molecule has 40 heavy (non-hydrogen) atoms. The number of nitrogens with zero attached hydrogens (tertiary/aromatic N) is 5. The second-order valence-corrected chi connectivity index (χ2v) is 10.8. The molecule has 200 valence electrons. The molecule has 0 atom stereocenters. The van der Waals surface area contributed by atoms with E-state index in [1.807, 2.05) is 32.9 Å². The third-order valence-corrected chi connectivity index (χ3v) is 6.27. The Labute approximate surface area is 227 Å². The number of carbonyl (C=O) groups excluding carboxylic acids is 1. The van der Waals surface area contributed by atoms with Gasteiger partial charge in [0.05, 0.1) is 34.8 Å². The van der Waals surface area contributed by atoms with Gasteiger partial charge in [-0.05, 0) is 41.3 Å². The molecule has 0 radical (unpaired) electrons. The Morgan fingerprint density at radius 3 is 2.70 bits per heavy atom. The first-order chi connectivity index (χ1) is 19.1. The number of aromatic nitrogens is 7. The summed E-state index contributed by atoms with van der Waals surface area (Å²) in [4.78, 5) is 33.5. The minimum absolute atomic E-state index is 0.0849. The Balaban J connectivity index is 1.37. The van der Waals surface area contributed by atoms with Crippen molar-refractivity contribution in [3.05, 3.63) is 67.0 Å². The van der Waals surface area contributed by atoms with Crippen LogP contribution in [0.1, 0.15) is 27.2 Å². The molecule has 0 unspecified atom stereocenters. The van der Waals surface area contributed by atoms with Crippen LogP contribution in [0.5, 0.6) is 5.75 Å². The van der Waals surface area contributed by atoms with Crippen LogP contribution in [-0.2, 0) is 4.79 Å². The van der Waals surface area contributed by atoms with Gasteiger partial charge in [0.15, 0.2) is 11.5 Å². The van der Waals surface area contributed by atoms with Crippen molar-refractivity contribution in [2.24, 2.45) is 5.41 Å². The molecule has 1 amide bonds. The average Bonchev–Trinajstić information content (AvgIpc) is 3.50. The fraction of sp³-hybridized carbons (Fsp3) is 0.172. The van der Waals surface area contributed by atoms with Gasteiger partial charge < -0.3 is 15.4 Å². The molecular formula is C29H25FN8O2. The zero-order chi connectivity index (χ0) is 28.0. The Morgan fingerprint density at radius 1 is 1.05 bits per heavy atom. The SMILES string of the molecule is CC(C)(C)CC(=O)Nc1cncc(-c2cc3c(-c4nc5nccc(-c6cc(O)cc(F)c6)c5[nH]4)n[nH]c3cn2)c1. The molecule has 0 aliphatic rings. The number of aromatic amines is 2. The minimum Gasteiger partial charge on any atom is -0.508 e. The van der Waals surface area contributed by atoms with Crippen LogP contribution in [0, 0.1) is 11.2 Å². The normalized spacial score (nSPS) is 11.8. The number of carbonyl (C=O) groups is 1. The van der Waals surface area contributed by atoms with Crippen LogP contribution in [-0.4, -0.2) is 46.1 Å². The number of pyridine rings is 3. The maximum atomic E-state index is 14.0. The van der Waals surface area contributed by atoms with E-state index in [1.165, 1.54) is 12.1 Å². The summed E-state index contributed by atoms with van der Waals surface area (Å²) in [6.45, 7) is 6.02. The monoisotopic (exact) mass is 536 g/mol. The lowest BCUT2D eigenvalue weighted by atomic mass is 9.92. The molecule has 10 nitrogen and oxygen atoms in total. The summed E-state index contributed by atoms with van der Waals surface area (Å²) in [5.74, 6) is -0.352. The van der Waals surface area contributed by atoms with Crippen LogP contribution in [0.25, 0.3) is 56.0 Å². The van der Waals surface area contributed by atoms with Gasteiger partial charge in [-0.2, -0.15) is 5.10 Å². The molecule has 1 aromatic carbocycles. The van der Waals surface area contributed by atoms with E-state index < -0.39 is 5.82 Å². The van der Waals surface area contributed by atoms with Crippen molar-refractivity contribution in [3.8, 4) is 39.7 Å². The third-order valence-electron chi connectivity index (χ3n) is 6.27. The van der Waals surface area contributed by atoms with Crippen LogP contribution >= 0.6 is 0 Å². The Bertz CT molecular complexity index is 1880. The second-order valence-electron chi connectivity index (χ2n) is 10.8. The number of benzene rings is 1. The summed E-state index contributed by atoms with van der Waals surface area (Å²) in [5.41, 5.74) is 5.18. The quantitative estimate of drug-likeness (QED) is 0.216. The van der Waals surface area contributed by atoms with Crippen LogP contribution in [0.15, 0.2) is 61.2 Å². The second kappa shape index (κ2) is 9.53. The van der Waals surface area contributed by atoms with Crippen LogP contribution < -0.4 is 5.32 Å². The Morgan fingerprint density at radius 2 is 1.90 bits per heavy atom. The lowest BCUT2D eigenvalue weighted by Gasteiger charge is -2.17. The first-order valence-electron chi connectivity index (χ1n) is 12.6. The molecule has 5 aromatic heterocycles. The Hall–Kier alpha value is -5.19. The number of imidazole rings is 1. The van der Waals surface area contributed by atoms with Gasteiger partial charge in [0, 0.05) is 41.4 Å². The van der Waals surface area contributed by atoms with E-state index in [2.05, 4.69) is 40.4 Å². The number of aromatic hydroxyl groups is 1. The summed E-state index contributed by atoms with van der Waals surface area (Å²) >= 11 is 0. The van der Waals surface area contributed by atoms with Crippen molar-refractivity contribution in [2.45, 2.75) is 27.2 Å². The molecular weight excluding hydrogens is 511 g/mol. The number of rotatable bonds is 5. The van der Waals surface area contributed by atoms with Crippen molar-refractivity contribution in [1.29, 1.82) is 0 Å². The number of hydrogen-bond acceptors (Lipinski definition) is 7. The fourth-order valence-corrected chi connectivity index (χ4v) is 4.58. The van der Waals surface area contributed by atoms with Crippen molar-refractivity contribution in [2.75, 3.05) is 5.32 Å². The molecule has 6 rings (SSSR count). The summed E-state index contributed by atoms with van der Waals surface area (Å²) in [6, 6.07) is 9.29. The molecule has 0 saturated heterocycles. The zero-order valence-corrected chi connectivity index (χ0v) is 22.0. The van der Waals surface area contributed by atoms with E-state index in [4.69, 9.17) is 0 Å². The number of H-pyrrole nitrogens is 2. The first kappa shape index (κ1) is 25.1. The maximum absolute atomic E-state index is 14.0. The average molecular weight is 537 g/mol. The first-order valence-corrected chi connectivity index (χ1v) is 12.6. The molecule has 0 aliphatic heterocycles. The van der Waals surface area contributed by atoms with E-state index >= 15 is 0 Å². The molecule has 11 heteroatoms. The zero-order valence-electron chi connectivity index (χ0n) is 22.0. The highest BCUT2D eigenvalue weighted by molar-refractivity contribution is 5.97. The highest BCUT2D eigenvalue weighted by atomic mass is 19.1. The summed E-state index contributed by atoms with van der Waals surface area (Å²) < 4.78 is 14.0. The molecule has 0 aliphatic carbocycles. The minimum atomic E-state index is -0.551. The van der Waals surface area contributed by atoms with Crippen molar-refractivity contribution in [3.63, 3.8) is 0 Å². The molecule has 6 aromatic rings. The standard InChI is InChI=1S/C29H25FN8O2/c1-29(2,3)11-24(40)34-18-7-16(12-31-13-18)22-10-21-23(14-33-22)37-38-26(21)28-35-25-20(4-5-32-27(25)36-28)15-6-17(30)9-19(39)8-15/h4-10,12-14,39H,11H2,1-3H3,(H,34,40)(H,37,38)(H,32,35,36). The molecule has 4 N–H and O–H groups in total. The van der Waals surface area contributed by atoms with Crippen LogP contribution in [0.2, 0.25) is 0 Å². The van der Waals surface area contributed by atoms with E-state index in [1.54, 1.807) is 30.9 Å². The largest absolute Gasteiger partial charge is 0.508 e. The van der Waals surface area contributed by atoms with Crippen molar-refractivity contribution < 1.29 is 14.3 Å². The van der Waals surface area contributed by atoms with Crippen LogP contribution in [0.3, 0.4) is 0 Å². The summed E-state index contributed by atoms with van der Waals surface area (Å²) in [5, 5.41) is 21.0. The number of hydrogen-bond donors (Lipinski definition) is 4. The van der Waals surface area contributed by atoms with Crippen molar-refractivity contribution >= 4 is 33.7 Å². The molecule has 0 bridgehead atoms. The highest BCUT2D eigenvalue weighted by Crippen LogP contribution is 2.33.